The third-order valence-electron chi connectivity index (χ3n) is 6.56. The summed E-state index contributed by atoms with van der Waals surface area (Å²) < 4.78 is 10.6. The number of rotatable bonds is 1. The van der Waals surface area contributed by atoms with E-state index in [-0.39, 0.29) is 0 Å². The molecule has 0 amide bonds. The molecule has 4 aliphatic carbocycles. The lowest BCUT2D eigenvalue weighted by Crippen LogP contribution is -2.41. The molecule has 5 aliphatic rings. The molecule has 4 nitrogen and oxygen atoms in total. The second-order valence-electron chi connectivity index (χ2n) is 8.24. The van der Waals surface area contributed by atoms with Crippen LogP contribution >= 0.6 is 0 Å². The number of ether oxygens (including phenoxy) is 1. The maximum absolute atomic E-state index is 12.5. The highest BCUT2D eigenvalue weighted by Gasteiger charge is 2.49. The van der Waals surface area contributed by atoms with Gasteiger partial charge < -0.3 is 9.15 Å². The van der Waals surface area contributed by atoms with Gasteiger partial charge in [0.2, 0.25) is 0 Å². The number of esters is 2. The Morgan fingerprint density at radius 2 is 1.60 bits per heavy atom. The van der Waals surface area contributed by atoms with Gasteiger partial charge in [-0.25, -0.2) is 9.59 Å². The molecule has 4 saturated carbocycles. The van der Waals surface area contributed by atoms with Crippen LogP contribution in [0.25, 0.3) is 6.08 Å². The van der Waals surface area contributed by atoms with Crippen LogP contribution in [0.4, 0.5) is 0 Å². The van der Waals surface area contributed by atoms with E-state index in [1.807, 2.05) is 19.9 Å². The van der Waals surface area contributed by atoms with E-state index >= 15 is 0 Å². The van der Waals surface area contributed by atoms with E-state index in [1.165, 1.54) is 37.7 Å². The van der Waals surface area contributed by atoms with Gasteiger partial charge in [0, 0.05) is 5.56 Å². The number of allylic oxidation sites excluding steroid dienone is 1. The van der Waals surface area contributed by atoms with E-state index in [0.29, 0.717) is 23.0 Å². The van der Waals surface area contributed by atoms with Crippen molar-refractivity contribution in [3.63, 3.8) is 0 Å². The van der Waals surface area contributed by atoms with Crippen molar-refractivity contribution in [2.75, 3.05) is 0 Å². The van der Waals surface area contributed by atoms with Gasteiger partial charge >= 0.3 is 11.9 Å². The average Bonchev–Trinajstić information content (AvgIpc) is 2.98. The van der Waals surface area contributed by atoms with Gasteiger partial charge in [-0.05, 0) is 87.3 Å². The van der Waals surface area contributed by atoms with Crippen LogP contribution in [0, 0.1) is 37.5 Å². The van der Waals surface area contributed by atoms with Crippen molar-refractivity contribution in [1.29, 1.82) is 0 Å². The molecule has 0 spiro atoms. The zero-order chi connectivity index (χ0) is 17.3. The molecule has 0 radical (unpaired) electrons. The van der Waals surface area contributed by atoms with Crippen LogP contribution in [-0.2, 0) is 14.3 Å². The van der Waals surface area contributed by atoms with Crippen molar-refractivity contribution >= 4 is 18.0 Å². The summed E-state index contributed by atoms with van der Waals surface area (Å²) in [6, 6.07) is 1.90. The molecule has 130 valence electrons. The quantitative estimate of drug-likeness (QED) is 0.439. The minimum atomic E-state index is -0.514. The van der Waals surface area contributed by atoms with E-state index in [2.05, 4.69) is 0 Å². The topological polar surface area (TPSA) is 56.5 Å². The summed E-state index contributed by atoms with van der Waals surface area (Å²) >= 11 is 0. The highest BCUT2D eigenvalue weighted by molar-refractivity contribution is 6.20. The second-order valence-corrected chi connectivity index (χ2v) is 8.24. The van der Waals surface area contributed by atoms with Gasteiger partial charge in [-0.3, -0.25) is 0 Å². The first-order valence-corrected chi connectivity index (χ1v) is 9.29. The molecule has 0 N–H and O–H groups in total. The largest absolute Gasteiger partial charge is 0.466 e. The van der Waals surface area contributed by atoms with Gasteiger partial charge in [-0.15, -0.1) is 0 Å². The molecular formula is C21H22O4. The fourth-order valence-corrected chi connectivity index (χ4v) is 5.86. The van der Waals surface area contributed by atoms with Gasteiger partial charge in [-0.1, -0.05) is 0 Å². The van der Waals surface area contributed by atoms with Gasteiger partial charge in [0.1, 0.15) is 11.5 Å². The van der Waals surface area contributed by atoms with Gasteiger partial charge in [0.25, 0.3) is 0 Å². The first-order chi connectivity index (χ1) is 12.0. The zero-order valence-corrected chi connectivity index (χ0v) is 14.6. The van der Waals surface area contributed by atoms with Crippen LogP contribution in [0.1, 0.15) is 49.2 Å². The smallest absolute Gasteiger partial charge is 0.346 e. The molecule has 0 aromatic carbocycles. The van der Waals surface area contributed by atoms with Crippen LogP contribution in [0.15, 0.2) is 27.2 Å². The third kappa shape index (κ3) is 2.26. The number of carbonyl (C=O) groups is 2. The Hall–Kier alpha value is -2.10. The van der Waals surface area contributed by atoms with Crippen molar-refractivity contribution in [1.82, 2.24) is 0 Å². The summed E-state index contributed by atoms with van der Waals surface area (Å²) in [5.74, 6) is 3.13. The lowest BCUT2D eigenvalue weighted by molar-refractivity contribution is -0.149. The number of carbonyl (C=O) groups excluding carboxylic acids is 2. The first-order valence-electron chi connectivity index (χ1n) is 9.29. The molecule has 1 aromatic rings. The van der Waals surface area contributed by atoms with Crippen molar-refractivity contribution in [3.05, 3.63) is 39.9 Å². The molecular weight excluding hydrogens is 316 g/mol. The molecule has 25 heavy (non-hydrogen) atoms. The SMILES string of the molecule is Cc1cc(/C=C2\C(=O)OC(=O)C2=C2C3CC4CC(C3)CC2C4)c(C)o1. The molecule has 1 saturated heterocycles. The summed E-state index contributed by atoms with van der Waals surface area (Å²) in [5.41, 5.74) is 3.06. The molecule has 1 aromatic heterocycles. The standard InChI is InChI=1S/C21H22O4/c1-10-3-14(11(2)24-10)9-17-19(21(23)25-20(17)22)18-15-5-12-4-13(7-15)8-16(18)6-12/h3,9,12-13,15-16H,4-8H2,1-2H3/b17-9-,19-18?. The number of cyclic esters (lactones) is 2. The Morgan fingerprint density at radius 3 is 2.16 bits per heavy atom. The third-order valence-corrected chi connectivity index (χ3v) is 6.56. The highest BCUT2D eigenvalue weighted by atomic mass is 16.6. The number of hydrogen-bond acceptors (Lipinski definition) is 4. The molecule has 4 heteroatoms. The van der Waals surface area contributed by atoms with Crippen LogP contribution in [0.3, 0.4) is 0 Å². The zero-order valence-electron chi connectivity index (χ0n) is 14.6. The Balaban J connectivity index is 1.64. The maximum atomic E-state index is 12.5. The number of furan rings is 1. The second kappa shape index (κ2) is 5.20. The first kappa shape index (κ1) is 15.2. The predicted octanol–water partition coefficient (Wildman–Crippen LogP) is 4.12. The fraction of sp³-hybridized carbons (Fsp3) is 0.524. The minimum Gasteiger partial charge on any atom is -0.466 e. The van der Waals surface area contributed by atoms with Crippen molar-refractivity contribution in [2.45, 2.75) is 46.0 Å². The molecule has 5 fully saturated rings. The van der Waals surface area contributed by atoms with Crippen molar-refractivity contribution in [2.24, 2.45) is 23.7 Å². The van der Waals surface area contributed by atoms with Crippen LogP contribution in [0.5, 0.6) is 0 Å². The Kier molecular flexibility index (Phi) is 3.16. The van der Waals surface area contributed by atoms with Crippen LogP contribution in [0.2, 0.25) is 0 Å². The van der Waals surface area contributed by atoms with E-state index < -0.39 is 11.9 Å². The van der Waals surface area contributed by atoms with Gasteiger partial charge in [-0.2, -0.15) is 0 Å². The van der Waals surface area contributed by atoms with E-state index in [0.717, 1.165) is 28.9 Å². The molecule has 1 aliphatic heterocycles. The minimum absolute atomic E-state index is 0.427. The number of aryl methyl sites for hydroxylation is 2. The normalized spacial score (nSPS) is 35.2. The fourth-order valence-electron chi connectivity index (χ4n) is 5.86. The molecule has 2 heterocycles. The van der Waals surface area contributed by atoms with E-state index in [4.69, 9.17) is 9.15 Å². The monoisotopic (exact) mass is 338 g/mol. The summed E-state index contributed by atoms with van der Waals surface area (Å²) in [7, 11) is 0. The Bertz CT molecular complexity index is 821. The molecule has 0 atom stereocenters. The summed E-state index contributed by atoms with van der Waals surface area (Å²) in [5, 5.41) is 0. The van der Waals surface area contributed by atoms with Crippen molar-refractivity contribution in [3.8, 4) is 0 Å². The molecule has 4 bridgehead atoms. The Morgan fingerprint density at radius 1 is 0.960 bits per heavy atom. The lowest BCUT2D eigenvalue weighted by Gasteiger charge is -2.51. The van der Waals surface area contributed by atoms with E-state index in [9.17, 15) is 9.59 Å². The number of hydrogen-bond donors (Lipinski definition) is 0. The Labute approximate surface area is 146 Å². The summed E-state index contributed by atoms with van der Waals surface area (Å²) in [4.78, 5) is 24.9. The highest BCUT2D eigenvalue weighted by Crippen LogP contribution is 2.58. The van der Waals surface area contributed by atoms with E-state index in [1.54, 1.807) is 6.08 Å². The van der Waals surface area contributed by atoms with Gasteiger partial charge in [0.05, 0.1) is 11.1 Å². The molecule has 6 rings (SSSR count). The van der Waals surface area contributed by atoms with Crippen molar-refractivity contribution < 1.29 is 18.7 Å². The molecule has 0 unspecified atom stereocenters. The van der Waals surface area contributed by atoms with Gasteiger partial charge in [0.15, 0.2) is 0 Å². The predicted molar refractivity (Wildman–Crippen MR) is 91.3 cm³/mol. The van der Waals surface area contributed by atoms with Crippen LogP contribution in [-0.4, -0.2) is 11.9 Å². The van der Waals surface area contributed by atoms with Crippen LogP contribution < -0.4 is 0 Å². The maximum Gasteiger partial charge on any atom is 0.346 e. The summed E-state index contributed by atoms with van der Waals surface area (Å²) in [6.07, 6.45) is 7.82. The lowest BCUT2D eigenvalue weighted by atomic mass is 9.53. The average molecular weight is 338 g/mol. The summed E-state index contributed by atoms with van der Waals surface area (Å²) in [6.45, 7) is 3.75.